The van der Waals surface area contributed by atoms with Crippen LogP contribution in [0.3, 0.4) is 0 Å². The Morgan fingerprint density at radius 1 is 0.602 bits per heavy atom. The maximum atomic E-state index is 13.6. The fourth-order valence-electron chi connectivity index (χ4n) is 10.3. The van der Waals surface area contributed by atoms with Crippen molar-refractivity contribution in [1.29, 1.82) is 0 Å². The van der Waals surface area contributed by atoms with Crippen molar-refractivity contribution in [3.8, 4) is 42.0 Å². The number of imidazole rings is 1. The summed E-state index contributed by atoms with van der Waals surface area (Å²) in [5.41, 5.74) is 2.95. The summed E-state index contributed by atoms with van der Waals surface area (Å²) in [7, 11) is 4.43. The smallest absolute Gasteiger partial charge is 0.397 e. The summed E-state index contributed by atoms with van der Waals surface area (Å²) in [5.74, 6) is 1.47. The zero-order chi connectivity index (χ0) is 72.0. The first-order valence-electron chi connectivity index (χ1n) is 29.6. The number of aryl methyl sites for hydroxylation is 1. The second-order valence-electron chi connectivity index (χ2n) is 21.0. The van der Waals surface area contributed by atoms with Crippen LogP contribution in [0.15, 0.2) is 133 Å². The van der Waals surface area contributed by atoms with Gasteiger partial charge in [-0.25, -0.2) is 4.98 Å². The first-order chi connectivity index (χ1) is 46.2. The van der Waals surface area contributed by atoms with Gasteiger partial charge in [-0.1, -0.05) is 85.0 Å². The molecule has 0 radical (unpaired) electrons. The molecule has 0 saturated heterocycles. The van der Waals surface area contributed by atoms with Crippen LogP contribution in [0, 0.1) is 0 Å². The number of amides is 2. The van der Waals surface area contributed by atoms with Crippen molar-refractivity contribution in [3.63, 3.8) is 0 Å². The topological polar surface area (TPSA) is 171 Å². The van der Waals surface area contributed by atoms with E-state index in [1.54, 1.807) is 47.6 Å². The maximum absolute atomic E-state index is 13.6. The van der Waals surface area contributed by atoms with E-state index in [-0.39, 0.29) is 47.7 Å². The maximum Gasteiger partial charge on any atom is 0.431 e. The SMILES string of the molecule is CCSc1cc(-c2ccc(Cl)cc2)sc1C(=O)N(C)c1c(N)cc(C(F)(F)F)n(CC)c1=O.CCSc1cc(-c2ccc(Cl)cc2)sc1C(=O)Nc1cc(C(F)(F)F)n(CC)c(=O)c1NC.CCn1c(C(F)(F)F)cc2nc(-c3sc(-c4ccc(Cl)cc4)cc3CSC)n(C)c2c1=O. The molecule has 14 nitrogen and oxygen atoms in total. The molecule has 0 fully saturated rings. The van der Waals surface area contributed by atoms with Gasteiger partial charge >= 0.3 is 18.5 Å². The average molecular weight is 1530 g/mol. The third-order valence-corrected chi connectivity index (χ3v) is 21.8. The number of nitrogen functional groups attached to an aromatic ring is 1. The number of halogens is 12. The fourth-order valence-corrected chi connectivity index (χ4v) is 16.7. The average Bonchev–Trinajstić information content (AvgIpc) is 1.45. The lowest BCUT2D eigenvalue weighted by atomic mass is 10.1. The van der Waals surface area contributed by atoms with Gasteiger partial charge in [0.05, 0.1) is 21.8 Å². The number of nitrogens with zero attached hydrogens (tertiary/aromatic N) is 6. The number of carbonyl (C=O) groups excluding carboxylic acids is 2. The fraction of sp³-hybridized carbons (Fsp3) is 0.273. The summed E-state index contributed by atoms with van der Waals surface area (Å²) in [5, 5.41) is 6.94. The van der Waals surface area contributed by atoms with Crippen LogP contribution >= 0.6 is 104 Å². The molecule has 0 aliphatic heterocycles. The monoisotopic (exact) mass is 1530 g/mol. The molecule has 0 bridgehead atoms. The summed E-state index contributed by atoms with van der Waals surface area (Å²) < 4.78 is 125. The van der Waals surface area contributed by atoms with E-state index < -0.39 is 69.8 Å². The number of anilines is 4. The van der Waals surface area contributed by atoms with Crippen molar-refractivity contribution in [1.82, 2.24) is 23.3 Å². The lowest BCUT2D eigenvalue weighted by Crippen LogP contribution is -2.37. The van der Waals surface area contributed by atoms with E-state index >= 15 is 0 Å². The van der Waals surface area contributed by atoms with Crippen LogP contribution in [0.1, 0.15) is 76.6 Å². The highest BCUT2D eigenvalue weighted by Gasteiger charge is 2.39. The van der Waals surface area contributed by atoms with Crippen molar-refractivity contribution in [2.45, 2.75) is 88.3 Å². The van der Waals surface area contributed by atoms with Crippen LogP contribution in [0.25, 0.3) is 53.1 Å². The van der Waals surface area contributed by atoms with Gasteiger partial charge in [-0.15, -0.1) is 57.5 Å². The minimum Gasteiger partial charge on any atom is -0.397 e. The lowest BCUT2D eigenvalue weighted by molar-refractivity contribution is -0.144. The molecule has 520 valence electrons. The highest BCUT2D eigenvalue weighted by Crippen LogP contribution is 2.44. The van der Waals surface area contributed by atoms with Crippen molar-refractivity contribution >= 4 is 150 Å². The first kappa shape index (κ1) is 76.7. The number of carbonyl (C=O) groups is 2. The number of hydrogen-bond donors (Lipinski definition) is 3. The summed E-state index contributed by atoms with van der Waals surface area (Å²) >= 11 is 26.4. The standard InChI is InChI=1S/2C22H21ClF3N3O2S2.C22H19ClF3N3OS2/c1-4-29-17(22(24,25)26)10-14(18(27-3)21(29)31)28-20(30)19-16(32-5-2)11-15(33-19)12-6-8-13(23)9-7-12;1-4-29-17(22(24,25)26)10-14(27)18(20(29)30)28(3)21(31)19-16(32-5-2)11-15(33-19)12-6-8-13(23)9-7-12;1-4-29-17(22(24,25)26)10-15-18(21(29)30)28(2)20(27-15)19-13(11-31-3)9-16(32-19)12-5-7-14(23)8-6-12/h6-11,27H,4-5H2,1-3H3,(H,28,30);6-11H,4-5,27H2,1-3H3;5-10H,4,11H2,1-3H3. The number of rotatable bonds is 18. The Morgan fingerprint density at radius 2 is 1.03 bits per heavy atom. The van der Waals surface area contributed by atoms with E-state index in [1.807, 2.05) is 80.8 Å². The van der Waals surface area contributed by atoms with Crippen molar-refractivity contribution < 1.29 is 49.1 Å². The molecular formula is C66H61Cl3F9N9O5S6. The van der Waals surface area contributed by atoms with Crippen LogP contribution in [-0.4, -0.2) is 66.9 Å². The van der Waals surface area contributed by atoms with Gasteiger partial charge in [-0.2, -0.15) is 51.3 Å². The number of alkyl halides is 9. The number of thioether (sulfide) groups is 3. The molecule has 3 aromatic carbocycles. The molecule has 10 rings (SSSR count). The Hall–Kier alpha value is -7.09. The number of hydrogen-bond acceptors (Lipinski definition) is 14. The molecule has 32 heteroatoms. The molecule has 4 N–H and O–H groups in total. The molecule has 7 aromatic heterocycles. The van der Waals surface area contributed by atoms with Crippen molar-refractivity contribution in [3.05, 3.63) is 188 Å². The number of thiophene rings is 3. The normalized spacial score (nSPS) is 11.7. The molecule has 0 saturated carbocycles. The largest absolute Gasteiger partial charge is 0.431 e. The molecule has 0 spiro atoms. The van der Waals surface area contributed by atoms with Crippen LogP contribution in [0.2, 0.25) is 15.1 Å². The third-order valence-electron chi connectivity index (χ3n) is 14.8. The highest BCUT2D eigenvalue weighted by molar-refractivity contribution is 7.99. The predicted molar refractivity (Wildman–Crippen MR) is 386 cm³/mol. The number of nitrogens with one attached hydrogen (secondary N) is 2. The first-order valence-corrected chi connectivity index (χ1v) is 36.5. The summed E-state index contributed by atoms with van der Waals surface area (Å²) in [6, 6.07) is 30.0. The van der Waals surface area contributed by atoms with Gasteiger partial charge in [-0.3, -0.25) is 24.0 Å². The Kier molecular flexibility index (Phi) is 25.1. The van der Waals surface area contributed by atoms with Gasteiger partial charge in [0.25, 0.3) is 28.5 Å². The Morgan fingerprint density at radius 3 is 1.48 bits per heavy atom. The summed E-state index contributed by atoms with van der Waals surface area (Å²) in [4.78, 5) is 76.2. The quantitative estimate of drug-likeness (QED) is 0.0552. The number of nitrogens with two attached hydrogens (primary N) is 1. The molecule has 0 atom stereocenters. The number of fused-ring (bicyclic) bond motifs is 1. The second-order valence-corrected chi connectivity index (χ2v) is 29.0. The van der Waals surface area contributed by atoms with E-state index in [0.29, 0.717) is 72.9 Å². The van der Waals surface area contributed by atoms with Gasteiger partial charge in [0.15, 0.2) is 5.82 Å². The van der Waals surface area contributed by atoms with Crippen LogP contribution in [0.5, 0.6) is 0 Å². The number of aromatic nitrogens is 5. The van der Waals surface area contributed by atoms with Gasteiger partial charge in [0.1, 0.15) is 43.7 Å². The van der Waals surface area contributed by atoms with E-state index in [4.69, 9.17) is 40.5 Å². The van der Waals surface area contributed by atoms with E-state index in [1.165, 1.54) is 92.4 Å². The van der Waals surface area contributed by atoms with E-state index in [0.717, 1.165) is 63.4 Å². The lowest BCUT2D eigenvalue weighted by Gasteiger charge is -2.22. The zero-order valence-electron chi connectivity index (χ0n) is 53.4. The highest BCUT2D eigenvalue weighted by atomic mass is 35.5. The molecule has 0 unspecified atom stereocenters. The van der Waals surface area contributed by atoms with Gasteiger partial charge in [0.2, 0.25) is 0 Å². The minimum absolute atomic E-state index is 0.0427. The summed E-state index contributed by atoms with van der Waals surface area (Å²) in [6.07, 6.45) is -12.2. The zero-order valence-corrected chi connectivity index (χ0v) is 60.6. The number of benzene rings is 3. The van der Waals surface area contributed by atoms with E-state index in [9.17, 15) is 63.5 Å². The summed E-state index contributed by atoms with van der Waals surface area (Å²) in [6.45, 7) is 7.80. The van der Waals surface area contributed by atoms with Gasteiger partial charge in [0, 0.05) is 86.0 Å². The Balaban J connectivity index is 0.000000188. The van der Waals surface area contributed by atoms with E-state index in [2.05, 4.69) is 21.7 Å². The van der Waals surface area contributed by atoms with Crippen molar-refractivity contribution in [2.75, 3.05) is 53.1 Å². The van der Waals surface area contributed by atoms with Crippen LogP contribution < -0.4 is 37.9 Å². The molecule has 0 aliphatic carbocycles. The van der Waals surface area contributed by atoms with Crippen LogP contribution in [0.4, 0.5) is 62.3 Å². The van der Waals surface area contributed by atoms with Gasteiger partial charge in [-0.05, 0) is 134 Å². The molecule has 98 heavy (non-hydrogen) atoms. The molecule has 0 aliphatic rings. The predicted octanol–water partition coefficient (Wildman–Crippen LogP) is 19.6. The molecule has 7 heterocycles. The second kappa shape index (κ2) is 32.1. The van der Waals surface area contributed by atoms with Crippen LogP contribution in [-0.2, 0) is 51.0 Å². The Labute approximate surface area is 596 Å². The minimum atomic E-state index is -4.76. The molecule has 10 aromatic rings. The van der Waals surface area contributed by atoms with Crippen molar-refractivity contribution in [2.24, 2.45) is 7.05 Å². The molecule has 2 amide bonds. The third kappa shape index (κ3) is 16.9. The number of pyridine rings is 3. The van der Waals surface area contributed by atoms with Gasteiger partial charge < -0.3 is 39.5 Å². The molecular weight excluding hydrogens is 1470 g/mol. The Bertz CT molecular complexity index is 4750.